The highest BCUT2D eigenvalue weighted by molar-refractivity contribution is 7.98. The van der Waals surface area contributed by atoms with Crippen molar-refractivity contribution in [2.24, 2.45) is 5.92 Å². The lowest BCUT2D eigenvalue weighted by Gasteiger charge is -2.15. The fraction of sp³-hybridized carbons (Fsp3) is 0.350. The third-order valence-corrected chi connectivity index (χ3v) is 5.90. The summed E-state index contributed by atoms with van der Waals surface area (Å²) in [5.41, 5.74) is 0.880. The van der Waals surface area contributed by atoms with Crippen LogP contribution >= 0.6 is 11.8 Å². The van der Waals surface area contributed by atoms with Crippen molar-refractivity contribution < 1.29 is 17.9 Å². The van der Waals surface area contributed by atoms with Gasteiger partial charge < -0.3 is 10.1 Å². The third kappa shape index (κ3) is 5.90. The quantitative estimate of drug-likeness (QED) is 0.608. The lowest BCUT2D eigenvalue weighted by molar-refractivity contribution is -0.118. The fourth-order valence-corrected chi connectivity index (χ4v) is 3.96. The number of carbonyl (C=O) groups is 1. The Labute approximate surface area is 171 Å². The molecule has 0 heterocycles. The van der Waals surface area contributed by atoms with Gasteiger partial charge in [-0.3, -0.25) is 9.52 Å². The van der Waals surface area contributed by atoms with Crippen molar-refractivity contribution in [3.63, 3.8) is 0 Å². The molecule has 8 heteroatoms. The summed E-state index contributed by atoms with van der Waals surface area (Å²) >= 11 is 1.43. The van der Waals surface area contributed by atoms with Gasteiger partial charge in [-0.15, -0.1) is 11.8 Å². The van der Waals surface area contributed by atoms with Crippen LogP contribution in [0.1, 0.15) is 27.7 Å². The second-order valence-electron chi connectivity index (χ2n) is 6.81. The van der Waals surface area contributed by atoms with Crippen LogP contribution in [0, 0.1) is 5.92 Å². The van der Waals surface area contributed by atoms with Gasteiger partial charge in [0, 0.05) is 16.9 Å². The van der Waals surface area contributed by atoms with Crippen molar-refractivity contribution in [1.82, 2.24) is 0 Å². The smallest absolute Gasteiger partial charge is 0.261 e. The molecule has 2 aromatic carbocycles. The molecule has 2 N–H and O–H groups in total. The maximum atomic E-state index is 12.8. The largest absolute Gasteiger partial charge is 0.491 e. The summed E-state index contributed by atoms with van der Waals surface area (Å²) in [6.45, 7) is 7.36. The molecular formula is C20H26N2O4S2. The summed E-state index contributed by atoms with van der Waals surface area (Å²) in [6, 6.07) is 11.5. The van der Waals surface area contributed by atoms with Crippen LogP contribution in [0.2, 0.25) is 0 Å². The molecule has 0 aliphatic carbocycles. The number of amides is 1. The van der Waals surface area contributed by atoms with E-state index in [9.17, 15) is 13.2 Å². The van der Waals surface area contributed by atoms with Crippen LogP contribution in [0.5, 0.6) is 5.75 Å². The predicted octanol–water partition coefficient (Wildman–Crippen LogP) is 4.59. The number of rotatable bonds is 8. The van der Waals surface area contributed by atoms with Gasteiger partial charge in [-0.2, -0.15) is 0 Å². The van der Waals surface area contributed by atoms with E-state index in [1.54, 1.807) is 44.2 Å². The summed E-state index contributed by atoms with van der Waals surface area (Å²) in [7, 11) is -3.83. The average Bonchev–Trinajstić information content (AvgIpc) is 2.60. The molecule has 0 saturated heterocycles. The predicted molar refractivity (Wildman–Crippen MR) is 115 cm³/mol. The van der Waals surface area contributed by atoms with Crippen LogP contribution in [0.15, 0.2) is 52.3 Å². The topological polar surface area (TPSA) is 84.5 Å². The number of carbonyl (C=O) groups excluding carboxylic acids is 1. The zero-order valence-corrected chi connectivity index (χ0v) is 18.3. The standard InChI is InChI=1S/C20H26N2O4S2/c1-13(2)20(23)21-18-12-17(9-10-19(18)27-5)28(24,25)22-15-7-6-8-16(11-15)26-14(3)4/h6-14,22H,1-5H3,(H,21,23). The molecule has 0 aliphatic heterocycles. The minimum atomic E-state index is -3.83. The zero-order chi connectivity index (χ0) is 20.9. The summed E-state index contributed by atoms with van der Waals surface area (Å²) in [5, 5.41) is 2.80. The number of benzene rings is 2. The second-order valence-corrected chi connectivity index (χ2v) is 9.34. The number of hydrogen-bond acceptors (Lipinski definition) is 5. The molecule has 1 amide bonds. The van der Waals surface area contributed by atoms with E-state index in [4.69, 9.17) is 4.74 Å². The van der Waals surface area contributed by atoms with Crippen molar-refractivity contribution in [3.05, 3.63) is 42.5 Å². The number of hydrogen-bond donors (Lipinski definition) is 2. The minimum Gasteiger partial charge on any atom is -0.491 e. The third-order valence-electron chi connectivity index (χ3n) is 3.72. The molecule has 152 valence electrons. The number of nitrogens with one attached hydrogen (secondary N) is 2. The van der Waals surface area contributed by atoms with E-state index >= 15 is 0 Å². The Morgan fingerprint density at radius 1 is 1.07 bits per heavy atom. The van der Waals surface area contributed by atoms with Gasteiger partial charge >= 0.3 is 0 Å². The molecule has 0 radical (unpaired) electrons. The average molecular weight is 423 g/mol. The molecular weight excluding hydrogens is 396 g/mol. The van der Waals surface area contributed by atoms with Gasteiger partial charge in [-0.05, 0) is 50.4 Å². The highest BCUT2D eigenvalue weighted by Crippen LogP contribution is 2.30. The Bertz CT molecular complexity index is 941. The van der Waals surface area contributed by atoms with Crippen molar-refractivity contribution in [2.45, 2.75) is 43.6 Å². The van der Waals surface area contributed by atoms with Gasteiger partial charge in [-0.1, -0.05) is 19.9 Å². The van der Waals surface area contributed by atoms with Crippen molar-refractivity contribution in [2.75, 3.05) is 16.3 Å². The van der Waals surface area contributed by atoms with Crippen LogP contribution in [0.4, 0.5) is 11.4 Å². The first-order valence-electron chi connectivity index (χ1n) is 8.91. The zero-order valence-electron chi connectivity index (χ0n) is 16.6. The number of thioether (sulfide) groups is 1. The SMILES string of the molecule is CSc1ccc(S(=O)(=O)Nc2cccc(OC(C)C)c2)cc1NC(=O)C(C)C. The summed E-state index contributed by atoms with van der Waals surface area (Å²) in [4.78, 5) is 12.9. The summed E-state index contributed by atoms with van der Waals surface area (Å²) < 4.78 is 33.8. The molecule has 0 bridgehead atoms. The van der Waals surface area contributed by atoms with Crippen LogP contribution in [0.25, 0.3) is 0 Å². The van der Waals surface area contributed by atoms with E-state index in [-0.39, 0.29) is 22.8 Å². The van der Waals surface area contributed by atoms with Crippen molar-refractivity contribution >= 4 is 39.1 Å². The first kappa shape index (κ1) is 22.1. The van der Waals surface area contributed by atoms with Crippen molar-refractivity contribution in [3.8, 4) is 5.75 Å². The molecule has 2 rings (SSSR count). The highest BCUT2D eigenvalue weighted by Gasteiger charge is 2.18. The monoisotopic (exact) mass is 422 g/mol. The molecule has 2 aromatic rings. The Hall–Kier alpha value is -2.19. The molecule has 0 unspecified atom stereocenters. The lowest BCUT2D eigenvalue weighted by Crippen LogP contribution is -2.19. The Morgan fingerprint density at radius 3 is 2.39 bits per heavy atom. The van der Waals surface area contributed by atoms with E-state index in [1.807, 2.05) is 20.1 Å². The van der Waals surface area contributed by atoms with Gasteiger partial charge in [0.15, 0.2) is 0 Å². The Balaban J connectivity index is 2.31. The first-order valence-corrected chi connectivity index (χ1v) is 11.6. The minimum absolute atomic E-state index is 0.0157. The van der Waals surface area contributed by atoms with Gasteiger partial charge in [0.05, 0.1) is 22.4 Å². The molecule has 0 atom stereocenters. The lowest BCUT2D eigenvalue weighted by atomic mass is 10.2. The van der Waals surface area contributed by atoms with Gasteiger partial charge in [-0.25, -0.2) is 8.42 Å². The number of sulfonamides is 1. The highest BCUT2D eigenvalue weighted by atomic mass is 32.2. The normalized spacial score (nSPS) is 11.5. The molecule has 0 spiro atoms. The molecule has 0 aromatic heterocycles. The Kier molecular flexibility index (Phi) is 7.37. The molecule has 6 nitrogen and oxygen atoms in total. The van der Waals surface area contributed by atoms with E-state index in [2.05, 4.69) is 10.0 Å². The van der Waals surface area contributed by atoms with E-state index in [0.717, 1.165) is 4.90 Å². The van der Waals surface area contributed by atoms with E-state index in [0.29, 0.717) is 17.1 Å². The van der Waals surface area contributed by atoms with Crippen molar-refractivity contribution in [1.29, 1.82) is 0 Å². The number of ether oxygens (including phenoxy) is 1. The maximum absolute atomic E-state index is 12.8. The maximum Gasteiger partial charge on any atom is 0.261 e. The summed E-state index contributed by atoms with van der Waals surface area (Å²) in [6.07, 6.45) is 1.85. The van der Waals surface area contributed by atoms with Crippen LogP contribution in [-0.4, -0.2) is 26.7 Å². The van der Waals surface area contributed by atoms with Gasteiger partial charge in [0.25, 0.3) is 10.0 Å². The van der Waals surface area contributed by atoms with E-state index < -0.39 is 10.0 Å². The fourth-order valence-electron chi connectivity index (χ4n) is 2.35. The second kappa shape index (κ2) is 9.34. The van der Waals surface area contributed by atoms with Gasteiger partial charge in [0.1, 0.15) is 5.75 Å². The van der Waals surface area contributed by atoms with Crippen LogP contribution in [-0.2, 0) is 14.8 Å². The molecule has 28 heavy (non-hydrogen) atoms. The number of anilines is 2. The molecule has 0 saturated carbocycles. The van der Waals surface area contributed by atoms with Gasteiger partial charge in [0.2, 0.25) is 5.91 Å². The summed E-state index contributed by atoms with van der Waals surface area (Å²) in [5.74, 6) is 0.200. The first-order chi connectivity index (χ1) is 13.1. The van der Waals surface area contributed by atoms with E-state index in [1.165, 1.54) is 23.9 Å². The molecule has 0 fully saturated rings. The van der Waals surface area contributed by atoms with Crippen LogP contribution < -0.4 is 14.8 Å². The Morgan fingerprint density at radius 2 is 1.79 bits per heavy atom. The van der Waals surface area contributed by atoms with Crippen LogP contribution in [0.3, 0.4) is 0 Å². The molecule has 0 aliphatic rings.